The van der Waals surface area contributed by atoms with Crippen molar-refractivity contribution in [2.75, 3.05) is 19.1 Å². The molecule has 3 aromatic rings. The first-order chi connectivity index (χ1) is 15.0. The average molecular weight is 409 g/mol. The molecule has 1 atom stereocenters. The molecule has 0 aromatic heterocycles. The predicted molar refractivity (Wildman–Crippen MR) is 123 cm³/mol. The summed E-state index contributed by atoms with van der Waals surface area (Å²) in [6, 6.07) is 25.6. The SMILES string of the molecule is COc1ccc(C2=C3c4ccccc4N(C)C(=O)C3(C)C=C(c3ccccc3)O2)cc1. The Labute approximate surface area is 182 Å². The number of amides is 1. The van der Waals surface area contributed by atoms with Crippen LogP contribution in [0.5, 0.6) is 5.75 Å². The van der Waals surface area contributed by atoms with E-state index in [1.807, 2.05) is 92.8 Å². The molecule has 0 saturated heterocycles. The number of fused-ring (bicyclic) bond motifs is 3. The number of rotatable bonds is 3. The van der Waals surface area contributed by atoms with Gasteiger partial charge < -0.3 is 14.4 Å². The second-order valence-electron chi connectivity index (χ2n) is 7.99. The van der Waals surface area contributed by atoms with Gasteiger partial charge in [-0.2, -0.15) is 0 Å². The minimum atomic E-state index is -0.859. The lowest BCUT2D eigenvalue weighted by Gasteiger charge is -2.42. The van der Waals surface area contributed by atoms with E-state index in [-0.39, 0.29) is 5.91 Å². The van der Waals surface area contributed by atoms with Crippen molar-refractivity contribution in [2.45, 2.75) is 6.92 Å². The van der Waals surface area contributed by atoms with Crippen molar-refractivity contribution >= 4 is 28.7 Å². The second kappa shape index (κ2) is 7.17. The molecular weight excluding hydrogens is 386 g/mol. The topological polar surface area (TPSA) is 38.8 Å². The Kier molecular flexibility index (Phi) is 4.44. The Morgan fingerprint density at radius 3 is 2.26 bits per heavy atom. The molecule has 154 valence electrons. The molecule has 0 aliphatic carbocycles. The largest absolute Gasteiger partial charge is 0.497 e. The summed E-state index contributed by atoms with van der Waals surface area (Å²) in [5.41, 5.74) is 3.74. The van der Waals surface area contributed by atoms with Crippen LogP contribution in [0, 0.1) is 5.41 Å². The Balaban J connectivity index is 1.79. The summed E-state index contributed by atoms with van der Waals surface area (Å²) in [6.07, 6.45) is 1.96. The van der Waals surface area contributed by atoms with Crippen LogP contribution >= 0.6 is 0 Å². The molecule has 0 fully saturated rings. The normalized spacial score (nSPS) is 19.9. The summed E-state index contributed by atoms with van der Waals surface area (Å²) in [4.78, 5) is 15.4. The van der Waals surface area contributed by atoms with Gasteiger partial charge in [-0.1, -0.05) is 48.5 Å². The molecule has 4 heteroatoms. The summed E-state index contributed by atoms with van der Waals surface area (Å²) in [6.45, 7) is 1.98. The van der Waals surface area contributed by atoms with Gasteiger partial charge in [-0.05, 0) is 43.3 Å². The van der Waals surface area contributed by atoms with Crippen molar-refractivity contribution in [2.24, 2.45) is 5.41 Å². The number of methoxy groups -OCH3 is 1. The molecule has 2 aliphatic rings. The highest BCUT2D eigenvalue weighted by Gasteiger charge is 2.48. The minimum Gasteiger partial charge on any atom is -0.497 e. The quantitative estimate of drug-likeness (QED) is 0.564. The number of anilines is 1. The van der Waals surface area contributed by atoms with E-state index in [0.29, 0.717) is 11.5 Å². The average Bonchev–Trinajstić information content (AvgIpc) is 2.82. The Bertz CT molecular complexity index is 1220. The van der Waals surface area contributed by atoms with Crippen LogP contribution in [0.25, 0.3) is 17.1 Å². The van der Waals surface area contributed by atoms with Gasteiger partial charge in [-0.25, -0.2) is 0 Å². The summed E-state index contributed by atoms with van der Waals surface area (Å²) in [5.74, 6) is 2.16. The fourth-order valence-corrected chi connectivity index (χ4v) is 4.46. The molecule has 0 saturated carbocycles. The third-order valence-electron chi connectivity index (χ3n) is 6.07. The van der Waals surface area contributed by atoms with Crippen LogP contribution in [0.1, 0.15) is 23.6 Å². The van der Waals surface area contributed by atoms with E-state index in [1.165, 1.54) is 0 Å². The van der Waals surface area contributed by atoms with Gasteiger partial charge in [-0.15, -0.1) is 0 Å². The summed E-state index contributed by atoms with van der Waals surface area (Å²) in [5, 5.41) is 0. The van der Waals surface area contributed by atoms with Crippen LogP contribution in [0.4, 0.5) is 5.69 Å². The zero-order chi connectivity index (χ0) is 21.6. The smallest absolute Gasteiger partial charge is 0.241 e. The lowest BCUT2D eigenvalue weighted by atomic mass is 9.71. The molecular formula is C27H23NO3. The molecule has 1 unspecified atom stereocenters. The number of para-hydroxylation sites is 1. The molecule has 0 spiro atoms. The molecule has 0 radical (unpaired) electrons. The van der Waals surface area contributed by atoms with E-state index in [1.54, 1.807) is 12.0 Å². The number of carbonyl (C=O) groups is 1. The highest BCUT2D eigenvalue weighted by molar-refractivity contribution is 6.18. The van der Waals surface area contributed by atoms with Crippen LogP contribution in [-0.2, 0) is 9.53 Å². The van der Waals surface area contributed by atoms with Crippen LogP contribution in [0.2, 0.25) is 0 Å². The van der Waals surface area contributed by atoms with Gasteiger partial charge in [-0.3, -0.25) is 4.79 Å². The van der Waals surface area contributed by atoms with Crippen molar-refractivity contribution in [1.29, 1.82) is 0 Å². The zero-order valence-corrected chi connectivity index (χ0v) is 17.8. The highest BCUT2D eigenvalue weighted by atomic mass is 16.5. The summed E-state index contributed by atoms with van der Waals surface area (Å²) < 4.78 is 11.9. The third-order valence-corrected chi connectivity index (χ3v) is 6.07. The summed E-state index contributed by atoms with van der Waals surface area (Å²) in [7, 11) is 3.48. The van der Waals surface area contributed by atoms with E-state index in [9.17, 15) is 4.79 Å². The number of benzene rings is 3. The maximum Gasteiger partial charge on any atom is 0.241 e. The number of ether oxygens (including phenoxy) is 2. The van der Waals surface area contributed by atoms with E-state index in [0.717, 1.165) is 33.7 Å². The fourth-order valence-electron chi connectivity index (χ4n) is 4.46. The zero-order valence-electron chi connectivity index (χ0n) is 17.8. The number of nitrogens with zero attached hydrogens (tertiary/aromatic N) is 1. The fraction of sp³-hybridized carbons (Fsp3) is 0.148. The predicted octanol–water partition coefficient (Wildman–Crippen LogP) is 5.62. The first-order valence-corrected chi connectivity index (χ1v) is 10.3. The van der Waals surface area contributed by atoms with Gasteiger partial charge in [0.2, 0.25) is 5.91 Å². The second-order valence-corrected chi connectivity index (χ2v) is 7.99. The van der Waals surface area contributed by atoms with Crippen molar-refractivity contribution in [3.63, 3.8) is 0 Å². The van der Waals surface area contributed by atoms with Crippen LogP contribution in [-0.4, -0.2) is 20.1 Å². The number of hydrogen-bond acceptors (Lipinski definition) is 3. The van der Waals surface area contributed by atoms with Crippen LogP contribution in [0.3, 0.4) is 0 Å². The molecule has 2 aliphatic heterocycles. The number of carbonyl (C=O) groups excluding carboxylic acids is 1. The minimum absolute atomic E-state index is 0.0175. The third kappa shape index (κ3) is 2.95. The molecule has 0 N–H and O–H groups in total. The van der Waals surface area contributed by atoms with Crippen molar-refractivity contribution < 1.29 is 14.3 Å². The van der Waals surface area contributed by atoms with E-state index in [2.05, 4.69) is 6.07 Å². The lowest BCUT2D eigenvalue weighted by Crippen LogP contribution is -2.45. The monoisotopic (exact) mass is 409 g/mol. The lowest BCUT2D eigenvalue weighted by molar-refractivity contribution is -0.122. The molecule has 2 heterocycles. The van der Waals surface area contributed by atoms with Crippen molar-refractivity contribution in [3.05, 3.63) is 102 Å². The van der Waals surface area contributed by atoms with Crippen molar-refractivity contribution in [1.82, 2.24) is 0 Å². The molecule has 4 nitrogen and oxygen atoms in total. The molecule has 3 aromatic carbocycles. The van der Waals surface area contributed by atoms with Gasteiger partial charge in [0, 0.05) is 29.3 Å². The highest BCUT2D eigenvalue weighted by Crippen LogP contribution is 2.54. The van der Waals surface area contributed by atoms with Gasteiger partial charge >= 0.3 is 0 Å². The van der Waals surface area contributed by atoms with E-state index < -0.39 is 5.41 Å². The van der Waals surface area contributed by atoms with Gasteiger partial charge in [0.25, 0.3) is 0 Å². The van der Waals surface area contributed by atoms with Crippen LogP contribution < -0.4 is 9.64 Å². The first kappa shape index (κ1) is 19.2. The molecule has 1 amide bonds. The number of hydrogen-bond donors (Lipinski definition) is 0. The summed E-state index contributed by atoms with van der Waals surface area (Å²) >= 11 is 0. The van der Waals surface area contributed by atoms with Crippen molar-refractivity contribution in [3.8, 4) is 5.75 Å². The maximum absolute atomic E-state index is 13.7. The Morgan fingerprint density at radius 2 is 1.55 bits per heavy atom. The molecule has 0 bridgehead atoms. The van der Waals surface area contributed by atoms with E-state index >= 15 is 0 Å². The Hall–Kier alpha value is -3.79. The first-order valence-electron chi connectivity index (χ1n) is 10.3. The van der Waals surface area contributed by atoms with E-state index in [4.69, 9.17) is 9.47 Å². The van der Waals surface area contributed by atoms with Crippen LogP contribution in [0.15, 0.2) is 84.9 Å². The standard InChI is InChI=1S/C27H23NO3/c1-27-17-23(18-9-5-4-6-10-18)31-25(19-13-15-20(30-3)16-14-19)24(27)21-11-7-8-12-22(21)28(2)26(27)29/h4-17H,1-3H3. The van der Waals surface area contributed by atoms with Gasteiger partial charge in [0.1, 0.15) is 17.3 Å². The maximum atomic E-state index is 13.7. The molecule has 5 rings (SSSR count). The van der Waals surface area contributed by atoms with Gasteiger partial charge in [0.05, 0.1) is 18.2 Å². The van der Waals surface area contributed by atoms with Gasteiger partial charge in [0.15, 0.2) is 0 Å². The molecule has 31 heavy (non-hydrogen) atoms. The Morgan fingerprint density at radius 1 is 0.871 bits per heavy atom.